The second kappa shape index (κ2) is 6.00. The van der Waals surface area contributed by atoms with E-state index in [1.807, 2.05) is 31.2 Å². The van der Waals surface area contributed by atoms with Gasteiger partial charge in [-0.15, -0.1) is 0 Å². The van der Waals surface area contributed by atoms with Crippen molar-refractivity contribution in [1.29, 1.82) is 0 Å². The van der Waals surface area contributed by atoms with E-state index < -0.39 is 11.9 Å². The van der Waals surface area contributed by atoms with Gasteiger partial charge in [0.1, 0.15) is 0 Å². The van der Waals surface area contributed by atoms with E-state index in [9.17, 15) is 9.59 Å². The van der Waals surface area contributed by atoms with Gasteiger partial charge < -0.3 is 10.8 Å². The fourth-order valence-corrected chi connectivity index (χ4v) is 1.61. The summed E-state index contributed by atoms with van der Waals surface area (Å²) >= 11 is 0. The number of carboxylic acids is 1. The molecule has 1 aromatic rings. The van der Waals surface area contributed by atoms with Crippen LogP contribution in [0.5, 0.6) is 0 Å². The predicted molar refractivity (Wildman–Crippen MR) is 63.3 cm³/mol. The molecule has 0 radical (unpaired) electrons. The largest absolute Gasteiger partial charge is 0.480 e. The Balaban J connectivity index is 2.75. The van der Waals surface area contributed by atoms with Gasteiger partial charge in [-0.2, -0.15) is 0 Å². The van der Waals surface area contributed by atoms with Crippen molar-refractivity contribution in [1.82, 2.24) is 4.90 Å². The highest BCUT2D eigenvalue weighted by Gasteiger charge is 2.13. The van der Waals surface area contributed by atoms with Gasteiger partial charge in [0.2, 0.25) is 5.91 Å². The molecule has 0 aliphatic carbocycles. The molecule has 0 unspecified atom stereocenters. The zero-order chi connectivity index (χ0) is 12.8. The Labute approximate surface area is 99.8 Å². The quantitative estimate of drug-likeness (QED) is 0.747. The lowest BCUT2D eigenvalue weighted by atomic mass is 10.1. The molecule has 1 rings (SSSR count). The highest BCUT2D eigenvalue weighted by atomic mass is 16.4. The summed E-state index contributed by atoms with van der Waals surface area (Å²) in [7, 11) is 0. The van der Waals surface area contributed by atoms with E-state index in [-0.39, 0.29) is 13.1 Å². The summed E-state index contributed by atoms with van der Waals surface area (Å²) < 4.78 is 0. The Hall–Kier alpha value is -1.88. The Bertz CT molecular complexity index is 402. The molecule has 1 amide bonds. The van der Waals surface area contributed by atoms with Crippen molar-refractivity contribution >= 4 is 11.9 Å². The lowest BCUT2D eigenvalue weighted by molar-refractivity contribution is -0.138. The molecule has 17 heavy (non-hydrogen) atoms. The number of primary amides is 1. The summed E-state index contributed by atoms with van der Waals surface area (Å²) in [6, 6.07) is 7.64. The van der Waals surface area contributed by atoms with Gasteiger partial charge in [0.25, 0.3) is 0 Å². The number of hydrogen-bond acceptors (Lipinski definition) is 3. The Morgan fingerprint density at radius 1 is 1.29 bits per heavy atom. The van der Waals surface area contributed by atoms with Crippen molar-refractivity contribution < 1.29 is 14.7 Å². The van der Waals surface area contributed by atoms with Gasteiger partial charge in [-0.1, -0.05) is 24.3 Å². The molecular weight excluding hydrogens is 220 g/mol. The van der Waals surface area contributed by atoms with E-state index in [0.717, 1.165) is 11.1 Å². The molecule has 0 bridgehead atoms. The number of benzene rings is 1. The van der Waals surface area contributed by atoms with Gasteiger partial charge in [0, 0.05) is 6.54 Å². The monoisotopic (exact) mass is 236 g/mol. The van der Waals surface area contributed by atoms with Crippen LogP contribution < -0.4 is 5.73 Å². The number of carbonyl (C=O) groups excluding carboxylic acids is 1. The van der Waals surface area contributed by atoms with Gasteiger partial charge in [-0.3, -0.25) is 14.5 Å². The van der Waals surface area contributed by atoms with Crippen LogP contribution in [0.25, 0.3) is 0 Å². The van der Waals surface area contributed by atoms with Gasteiger partial charge in [-0.05, 0) is 18.1 Å². The average molecular weight is 236 g/mol. The zero-order valence-corrected chi connectivity index (χ0v) is 9.72. The first-order chi connectivity index (χ1) is 7.99. The summed E-state index contributed by atoms with van der Waals surface area (Å²) in [5.41, 5.74) is 7.14. The molecule has 0 aromatic heterocycles. The molecule has 0 saturated carbocycles. The molecule has 92 valence electrons. The van der Waals surface area contributed by atoms with E-state index >= 15 is 0 Å². The highest BCUT2D eigenvalue weighted by molar-refractivity contribution is 5.77. The van der Waals surface area contributed by atoms with E-state index in [1.54, 1.807) is 0 Å². The Kier molecular flexibility index (Phi) is 4.66. The minimum absolute atomic E-state index is 0.0549. The standard InChI is InChI=1S/C12H16N2O3/c1-9-4-2-3-5-10(9)6-14(7-11(13)15)8-12(16)17/h2-5H,6-8H2,1H3,(H2,13,15)(H,16,17). The lowest BCUT2D eigenvalue weighted by Crippen LogP contribution is -2.37. The minimum Gasteiger partial charge on any atom is -0.480 e. The maximum atomic E-state index is 10.9. The first-order valence-electron chi connectivity index (χ1n) is 5.26. The van der Waals surface area contributed by atoms with Crippen LogP contribution in [0.3, 0.4) is 0 Å². The number of rotatable bonds is 6. The molecule has 1 aromatic carbocycles. The van der Waals surface area contributed by atoms with Gasteiger partial charge in [0.15, 0.2) is 0 Å². The third kappa shape index (κ3) is 4.65. The van der Waals surface area contributed by atoms with E-state index in [4.69, 9.17) is 10.8 Å². The van der Waals surface area contributed by atoms with Crippen LogP contribution in [0.2, 0.25) is 0 Å². The molecule has 0 aliphatic rings. The van der Waals surface area contributed by atoms with E-state index in [2.05, 4.69) is 0 Å². The van der Waals surface area contributed by atoms with Crippen LogP contribution >= 0.6 is 0 Å². The van der Waals surface area contributed by atoms with Crippen molar-refractivity contribution in [3.05, 3.63) is 35.4 Å². The fraction of sp³-hybridized carbons (Fsp3) is 0.333. The van der Waals surface area contributed by atoms with Gasteiger partial charge in [0.05, 0.1) is 13.1 Å². The molecule has 0 aliphatic heterocycles. The SMILES string of the molecule is Cc1ccccc1CN(CC(N)=O)CC(=O)O. The predicted octanol–water partition coefficient (Wildman–Crippen LogP) is 0.367. The molecule has 0 atom stereocenters. The van der Waals surface area contributed by atoms with Crippen LogP contribution in [0.15, 0.2) is 24.3 Å². The number of hydrogen-bond donors (Lipinski definition) is 2. The first-order valence-corrected chi connectivity index (χ1v) is 5.26. The highest BCUT2D eigenvalue weighted by Crippen LogP contribution is 2.10. The Morgan fingerprint density at radius 3 is 2.47 bits per heavy atom. The summed E-state index contributed by atoms with van der Waals surface area (Å²) in [5.74, 6) is -1.50. The van der Waals surface area contributed by atoms with Crippen molar-refractivity contribution in [3.8, 4) is 0 Å². The molecule has 3 N–H and O–H groups in total. The van der Waals surface area contributed by atoms with E-state index in [0.29, 0.717) is 6.54 Å². The van der Waals surface area contributed by atoms with Crippen LogP contribution in [0.1, 0.15) is 11.1 Å². The molecule has 5 heteroatoms. The smallest absolute Gasteiger partial charge is 0.317 e. The average Bonchev–Trinajstić information content (AvgIpc) is 2.19. The van der Waals surface area contributed by atoms with E-state index in [1.165, 1.54) is 4.90 Å². The second-order valence-corrected chi connectivity index (χ2v) is 3.93. The number of aliphatic carboxylic acids is 1. The van der Waals surface area contributed by atoms with Crippen molar-refractivity contribution in [3.63, 3.8) is 0 Å². The number of carbonyl (C=O) groups is 2. The number of nitrogens with zero attached hydrogens (tertiary/aromatic N) is 1. The molecule has 0 spiro atoms. The number of aryl methyl sites for hydroxylation is 1. The van der Waals surface area contributed by atoms with Crippen LogP contribution in [-0.4, -0.2) is 35.0 Å². The van der Waals surface area contributed by atoms with Crippen LogP contribution in [-0.2, 0) is 16.1 Å². The second-order valence-electron chi connectivity index (χ2n) is 3.93. The Morgan fingerprint density at radius 2 is 1.94 bits per heavy atom. The minimum atomic E-state index is -0.972. The molecule has 0 saturated heterocycles. The molecule has 0 fully saturated rings. The van der Waals surface area contributed by atoms with Gasteiger partial charge >= 0.3 is 5.97 Å². The lowest BCUT2D eigenvalue weighted by Gasteiger charge is -2.19. The summed E-state index contributed by atoms with van der Waals surface area (Å²) in [6.07, 6.45) is 0. The molecular formula is C12H16N2O3. The summed E-state index contributed by atoms with van der Waals surface area (Å²) in [5, 5.41) is 8.75. The van der Waals surface area contributed by atoms with Crippen molar-refractivity contribution in [2.75, 3.05) is 13.1 Å². The normalized spacial score (nSPS) is 10.5. The maximum absolute atomic E-state index is 10.9. The topological polar surface area (TPSA) is 83.6 Å². The van der Waals surface area contributed by atoms with Crippen molar-refractivity contribution in [2.24, 2.45) is 5.73 Å². The first kappa shape index (κ1) is 13.2. The van der Waals surface area contributed by atoms with Crippen LogP contribution in [0.4, 0.5) is 0 Å². The third-order valence-electron chi connectivity index (χ3n) is 2.39. The zero-order valence-electron chi connectivity index (χ0n) is 9.72. The number of carboxylic acid groups (broad SMARTS) is 1. The number of amides is 1. The van der Waals surface area contributed by atoms with Crippen LogP contribution in [0, 0.1) is 6.92 Å². The molecule has 5 nitrogen and oxygen atoms in total. The number of nitrogens with two attached hydrogens (primary N) is 1. The third-order valence-corrected chi connectivity index (χ3v) is 2.39. The summed E-state index contributed by atoms with van der Waals surface area (Å²) in [6.45, 7) is 2.10. The summed E-state index contributed by atoms with van der Waals surface area (Å²) in [4.78, 5) is 23.0. The maximum Gasteiger partial charge on any atom is 0.317 e. The van der Waals surface area contributed by atoms with Gasteiger partial charge in [-0.25, -0.2) is 0 Å². The fourth-order valence-electron chi connectivity index (χ4n) is 1.61. The molecule has 0 heterocycles. The van der Waals surface area contributed by atoms with Crippen molar-refractivity contribution in [2.45, 2.75) is 13.5 Å².